The molecule has 2 aromatic carbocycles. The summed E-state index contributed by atoms with van der Waals surface area (Å²) in [6, 6.07) is 17.3. The van der Waals surface area contributed by atoms with Crippen LogP contribution >= 0.6 is 11.8 Å². The maximum absolute atomic E-state index is 12.0. The third-order valence-electron chi connectivity index (χ3n) is 3.70. The molecule has 0 atom stereocenters. The quantitative estimate of drug-likeness (QED) is 0.744. The molecule has 0 bridgehead atoms. The van der Waals surface area contributed by atoms with Crippen molar-refractivity contribution in [2.45, 2.75) is 24.2 Å². The number of amides is 2. The number of anilines is 2. The molecule has 0 radical (unpaired) electrons. The summed E-state index contributed by atoms with van der Waals surface area (Å²) in [4.78, 5) is 25.0. The number of carbonyl (C=O) groups is 2. The Morgan fingerprint density at radius 3 is 2.38 bits per heavy atom. The summed E-state index contributed by atoms with van der Waals surface area (Å²) in [5.41, 5.74) is 1.43. The molecule has 0 spiro atoms. The molecule has 4 nitrogen and oxygen atoms in total. The van der Waals surface area contributed by atoms with Crippen molar-refractivity contribution >= 4 is 35.0 Å². The zero-order valence-electron chi connectivity index (χ0n) is 13.3. The van der Waals surface area contributed by atoms with Gasteiger partial charge in [0.1, 0.15) is 0 Å². The van der Waals surface area contributed by atoms with Crippen LogP contribution in [0.5, 0.6) is 0 Å². The highest BCUT2D eigenvalue weighted by molar-refractivity contribution is 7.99. The fraction of sp³-hybridized carbons (Fsp3) is 0.263. The molecule has 1 aliphatic carbocycles. The van der Waals surface area contributed by atoms with Crippen LogP contribution in [0.1, 0.15) is 19.3 Å². The lowest BCUT2D eigenvalue weighted by Crippen LogP contribution is -2.15. The standard InChI is InChI=1S/C19H20N2O2S/c22-18(11-12-24-17-7-2-1-3-8-17)20-15-5-4-6-16(13-15)21-19(23)14-9-10-14/h1-8,13-14H,9-12H2,(H,20,22)(H,21,23). The van der Waals surface area contributed by atoms with Gasteiger partial charge in [-0.15, -0.1) is 11.8 Å². The molecule has 0 aromatic heterocycles. The number of hydrogen-bond acceptors (Lipinski definition) is 3. The second-order valence-electron chi connectivity index (χ2n) is 5.80. The number of carbonyl (C=O) groups excluding carboxylic acids is 2. The van der Waals surface area contributed by atoms with E-state index in [-0.39, 0.29) is 17.7 Å². The molecule has 1 fully saturated rings. The largest absolute Gasteiger partial charge is 0.326 e. The number of thioether (sulfide) groups is 1. The van der Waals surface area contributed by atoms with Crippen LogP contribution in [-0.4, -0.2) is 17.6 Å². The molecule has 0 heterocycles. The zero-order valence-corrected chi connectivity index (χ0v) is 14.1. The molecular formula is C19H20N2O2S. The normalized spacial score (nSPS) is 13.3. The van der Waals surface area contributed by atoms with Gasteiger partial charge in [-0.25, -0.2) is 0 Å². The highest BCUT2D eigenvalue weighted by Crippen LogP contribution is 2.30. The molecule has 0 aliphatic heterocycles. The van der Waals surface area contributed by atoms with Crippen LogP contribution in [0.2, 0.25) is 0 Å². The Morgan fingerprint density at radius 1 is 0.958 bits per heavy atom. The number of benzene rings is 2. The van der Waals surface area contributed by atoms with Crippen molar-refractivity contribution in [3.63, 3.8) is 0 Å². The molecule has 1 aliphatic rings. The molecule has 124 valence electrons. The van der Waals surface area contributed by atoms with Gasteiger partial charge in [-0.05, 0) is 43.2 Å². The minimum absolute atomic E-state index is 0.0240. The van der Waals surface area contributed by atoms with E-state index in [2.05, 4.69) is 10.6 Å². The average molecular weight is 340 g/mol. The minimum Gasteiger partial charge on any atom is -0.326 e. The van der Waals surface area contributed by atoms with Gasteiger partial charge in [-0.1, -0.05) is 24.3 Å². The van der Waals surface area contributed by atoms with Crippen LogP contribution in [0, 0.1) is 5.92 Å². The summed E-state index contributed by atoms with van der Waals surface area (Å²) >= 11 is 1.66. The molecule has 3 rings (SSSR count). The molecule has 2 N–H and O–H groups in total. The van der Waals surface area contributed by atoms with Gasteiger partial charge in [0.2, 0.25) is 11.8 Å². The van der Waals surface area contributed by atoms with E-state index in [1.54, 1.807) is 17.8 Å². The van der Waals surface area contributed by atoms with Crippen molar-refractivity contribution in [1.29, 1.82) is 0 Å². The first-order valence-electron chi connectivity index (χ1n) is 8.09. The minimum atomic E-state index is -0.0240. The Balaban J connectivity index is 1.46. The predicted molar refractivity (Wildman–Crippen MR) is 98.2 cm³/mol. The fourth-order valence-corrected chi connectivity index (χ4v) is 3.14. The Labute approximate surface area is 146 Å². The SMILES string of the molecule is O=C(CCSc1ccccc1)Nc1cccc(NC(=O)C2CC2)c1. The Kier molecular flexibility index (Phi) is 5.54. The molecule has 0 saturated heterocycles. The summed E-state index contributed by atoms with van der Waals surface area (Å²) in [5.74, 6) is 0.939. The van der Waals surface area contributed by atoms with Gasteiger partial charge in [0.15, 0.2) is 0 Å². The van der Waals surface area contributed by atoms with Crippen molar-refractivity contribution in [2.24, 2.45) is 5.92 Å². The monoisotopic (exact) mass is 340 g/mol. The zero-order chi connectivity index (χ0) is 16.8. The first kappa shape index (κ1) is 16.6. The van der Waals surface area contributed by atoms with Gasteiger partial charge in [0.25, 0.3) is 0 Å². The lowest BCUT2D eigenvalue weighted by Gasteiger charge is -2.08. The maximum Gasteiger partial charge on any atom is 0.227 e. The van der Waals surface area contributed by atoms with E-state index in [9.17, 15) is 9.59 Å². The van der Waals surface area contributed by atoms with Crippen LogP contribution in [0.4, 0.5) is 11.4 Å². The van der Waals surface area contributed by atoms with Gasteiger partial charge < -0.3 is 10.6 Å². The summed E-state index contributed by atoms with van der Waals surface area (Å²) < 4.78 is 0. The first-order chi connectivity index (χ1) is 11.7. The molecule has 24 heavy (non-hydrogen) atoms. The average Bonchev–Trinajstić information content (AvgIpc) is 3.41. The van der Waals surface area contributed by atoms with Gasteiger partial charge in [-0.3, -0.25) is 9.59 Å². The highest BCUT2D eigenvalue weighted by atomic mass is 32.2. The molecule has 0 unspecified atom stereocenters. The van der Waals surface area contributed by atoms with Crippen molar-refractivity contribution < 1.29 is 9.59 Å². The lowest BCUT2D eigenvalue weighted by atomic mass is 10.2. The van der Waals surface area contributed by atoms with Crippen molar-refractivity contribution in [3.8, 4) is 0 Å². The number of nitrogens with one attached hydrogen (secondary N) is 2. The summed E-state index contributed by atoms with van der Waals surface area (Å²) in [5, 5.41) is 5.77. The molecule has 2 amide bonds. The summed E-state index contributed by atoms with van der Waals surface area (Å²) in [6.45, 7) is 0. The lowest BCUT2D eigenvalue weighted by molar-refractivity contribution is -0.117. The van der Waals surface area contributed by atoms with Crippen molar-refractivity contribution in [1.82, 2.24) is 0 Å². The third kappa shape index (κ3) is 5.13. The first-order valence-corrected chi connectivity index (χ1v) is 9.08. The van der Waals surface area contributed by atoms with E-state index in [1.807, 2.05) is 48.5 Å². The Hall–Kier alpha value is -2.27. The topological polar surface area (TPSA) is 58.2 Å². The second kappa shape index (κ2) is 8.02. The predicted octanol–water partition coefficient (Wildman–Crippen LogP) is 4.16. The van der Waals surface area contributed by atoms with Crippen LogP contribution in [0.25, 0.3) is 0 Å². The molecule has 1 saturated carbocycles. The fourth-order valence-electron chi connectivity index (χ4n) is 2.27. The summed E-state index contributed by atoms with van der Waals surface area (Å²) in [7, 11) is 0. The Morgan fingerprint density at radius 2 is 1.67 bits per heavy atom. The van der Waals surface area contributed by atoms with Crippen LogP contribution < -0.4 is 10.6 Å². The van der Waals surface area contributed by atoms with E-state index < -0.39 is 0 Å². The van der Waals surface area contributed by atoms with E-state index in [4.69, 9.17) is 0 Å². The van der Waals surface area contributed by atoms with E-state index in [1.165, 1.54) is 0 Å². The Bertz CT molecular complexity index is 714. The van der Waals surface area contributed by atoms with Gasteiger partial charge >= 0.3 is 0 Å². The van der Waals surface area contributed by atoms with Crippen LogP contribution in [0.3, 0.4) is 0 Å². The maximum atomic E-state index is 12.0. The van der Waals surface area contributed by atoms with Crippen molar-refractivity contribution in [3.05, 3.63) is 54.6 Å². The van der Waals surface area contributed by atoms with Crippen LogP contribution in [0.15, 0.2) is 59.5 Å². The van der Waals surface area contributed by atoms with E-state index in [0.29, 0.717) is 12.1 Å². The molecule has 5 heteroatoms. The van der Waals surface area contributed by atoms with Crippen molar-refractivity contribution in [2.75, 3.05) is 16.4 Å². The number of rotatable bonds is 7. The highest BCUT2D eigenvalue weighted by Gasteiger charge is 2.29. The number of hydrogen-bond donors (Lipinski definition) is 2. The van der Waals surface area contributed by atoms with Gasteiger partial charge in [0, 0.05) is 34.4 Å². The second-order valence-corrected chi connectivity index (χ2v) is 6.97. The van der Waals surface area contributed by atoms with E-state index in [0.717, 1.165) is 29.2 Å². The summed E-state index contributed by atoms with van der Waals surface area (Å²) in [6.07, 6.45) is 2.39. The molecule has 2 aromatic rings. The van der Waals surface area contributed by atoms with Gasteiger partial charge in [-0.2, -0.15) is 0 Å². The van der Waals surface area contributed by atoms with Gasteiger partial charge in [0.05, 0.1) is 0 Å². The van der Waals surface area contributed by atoms with E-state index >= 15 is 0 Å². The molecular weight excluding hydrogens is 320 g/mol. The smallest absolute Gasteiger partial charge is 0.227 e. The van der Waals surface area contributed by atoms with Crippen LogP contribution in [-0.2, 0) is 9.59 Å². The third-order valence-corrected chi connectivity index (χ3v) is 4.72.